The summed E-state index contributed by atoms with van der Waals surface area (Å²) in [4.78, 5) is 23.2. The third-order valence-corrected chi connectivity index (χ3v) is 7.58. The predicted molar refractivity (Wildman–Crippen MR) is 163 cm³/mol. The van der Waals surface area contributed by atoms with Crippen LogP contribution in [-0.2, 0) is 4.74 Å². The highest BCUT2D eigenvalue weighted by molar-refractivity contribution is 7.22. The molecule has 41 heavy (non-hydrogen) atoms. The summed E-state index contributed by atoms with van der Waals surface area (Å²) in [6, 6.07) is 7.12. The van der Waals surface area contributed by atoms with Crippen molar-refractivity contribution in [3.63, 3.8) is 0 Å². The summed E-state index contributed by atoms with van der Waals surface area (Å²) in [5.74, 6) is 2.54. The fourth-order valence-corrected chi connectivity index (χ4v) is 5.72. The number of thiazole rings is 1. The van der Waals surface area contributed by atoms with Gasteiger partial charge in [-0.2, -0.15) is 0 Å². The van der Waals surface area contributed by atoms with Crippen molar-refractivity contribution in [3.05, 3.63) is 29.8 Å². The molecule has 0 N–H and O–H groups in total. The number of benzene rings is 2. The Kier molecular flexibility index (Phi) is 12.6. The molecule has 1 aromatic heterocycles. The first kappa shape index (κ1) is 32.5. The van der Waals surface area contributed by atoms with Gasteiger partial charge in [0.25, 0.3) is 5.91 Å². The highest BCUT2D eigenvalue weighted by atomic mass is 35.5. The first-order valence-corrected chi connectivity index (χ1v) is 14.6. The Morgan fingerprint density at radius 2 is 1.56 bits per heavy atom. The van der Waals surface area contributed by atoms with Crippen LogP contribution in [0.2, 0.25) is 0 Å². The maximum absolute atomic E-state index is 14.2. The van der Waals surface area contributed by atoms with Crippen molar-refractivity contribution in [2.24, 2.45) is 0 Å². The zero-order valence-electron chi connectivity index (χ0n) is 24.4. The van der Waals surface area contributed by atoms with Gasteiger partial charge in [-0.3, -0.25) is 14.6 Å². The van der Waals surface area contributed by atoms with E-state index < -0.39 is 0 Å². The summed E-state index contributed by atoms with van der Waals surface area (Å²) in [7, 11) is 3.23. The third-order valence-electron chi connectivity index (χ3n) is 6.49. The highest BCUT2D eigenvalue weighted by Gasteiger charge is 2.27. The zero-order valence-corrected chi connectivity index (χ0v) is 26.0. The molecule has 1 amide bonds. The Bertz CT molecular complexity index is 1210. The van der Waals surface area contributed by atoms with Crippen molar-refractivity contribution in [1.82, 2.24) is 9.88 Å². The molecule has 1 saturated heterocycles. The van der Waals surface area contributed by atoms with Crippen LogP contribution in [0, 0.1) is 0 Å². The molecule has 4 rings (SSSR count). The maximum Gasteiger partial charge on any atom is 0.260 e. The number of carbonyl (C=O) groups excluding carboxylic acids is 1. The number of morpholine rings is 1. The topological polar surface area (TPSA) is 91.8 Å². The quantitative estimate of drug-likeness (QED) is 0.241. The maximum atomic E-state index is 14.2. The van der Waals surface area contributed by atoms with E-state index in [1.54, 1.807) is 31.3 Å². The molecule has 0 unspecified atom stereocenters. The molecule has 0 bridgehead atoms. The van der Waals surface area contributed by atoms with E-state index in [4.69, 9.17) is 33.4 Å². The number of rotatable bonds is 14. The summed E-state index contributed by atoms with van der Waals surface area (Å²) < 4.78 is 35.1. The summed E-state index contributed by atoms with van der Waals surface area (Å²) >= 11 is 1.40. The lowest BCUT2D eigenvalue weighted by molar-refractivity contribution is 0.0376. The molecule has 2 heterocycles. The highest BCUT2D eigenvalue weighted by Crippen LogP contribution is 2.42. The van der Waals surface area contributed by atoms with Gasteiger partial charge in [0.1, 0.15) is 21.7 Å². The van der Waals surface area contributed by atoms with Gasteiger partial charge in [-0.1, -0.05) is 11.3 Å². The fraction of sp³-hybridized carbons (Fsp3) is 0.517. The Balaban J connectivity index is 0.00000462. The van der Waals surface area contributed by atoms with Crippen LogP contribution >= 0.6 is 23.7 Å². The SMILES string of the molecule is CCOc1cc(C(=O)N(CCCN2CCOCC2)c2nc3c(OC)ccc(OC)c3s2)cc(OCC)c1OCC.Cl. The Morgan fingerprint density at radius 3 is 2.15 bits per heavy atom. The Morgan fingerprint density at radius 1 is 0.951 bits per heavy atom. The number of methoxy groups -OCH3 is 2. The van der Waals surface area contributed by atoms with Gasteiger partial charge < -0.3 is 28.4 Å². The zero-order chi connectivity index (χ0) is 28.5. The molecule has 226 valence electrons. The van der Waals surface area contributed by atoms with E-state index in [1.807, 2.05) is 32.9 Å². The van der Waals surface area contributed by atoms with Crippen LogP contribution in [0.5, 0.6) is 28.7 Å². The van der Waals surface area contributed by atoms with Crippen molar-refractivity contribution in [2.75, 3.05) is 78.3 Å². The van der Waals surface area contributed by atoms with Gasteiger partial charge in [0.15, 0.2) is 16.6 Å². The Hall–Kier alpha value is -2.99. The molecule has 0 radical (unpaired) electrons. The van der Waals surface area contributed by atoms with Crippen molar-refractivity contribution in [1.29, 1.82) is 0 Å². The number of carbonyl (C=O) groups is 1. The molecule has 10 nitrogen and oxygen atoms in total. The number of amides is 1. The van der Waals surface area contributed by atoms with Crippen LogP contribution in [0.15, 0.2) is 24.3 Å². The summed E-state index contributed by atoms with van der Waals surface area (Å²) in [5, 5.41) is 0.564. The molecule has 2 aromatic carbocycles. The van der Waals surface area contributed by atoms with Crippen LogP contribution in [0.3, 0.4) is 0 Å². The minimum atomic E-state index is -0.205. The van der Waals surface area contributed by atoms with Crippen LogP contribution in [0.1, 0.15) is 37.6 Å². The second kappa shape index (κ2) is 15.9. The third kappa shape index (κ3) is 7.65. The van der Waals surface area contributed by atoms with Crippen LogP contribution in [-0.4, -0.2) is 89.2 Å². The lowest BCUT2D eigenvalue weighted by Gasteiger charge is -2.28. The van der Waals surface area contributed by atoms with E-state index >= 15 is 0 Å². The molecular weight excluding hydrogens is 570 g/mol. The average Bonchev–Trinajstić information content (AvgIpc) is 3.42. The molecule has 3 aromatic rings. The minimum absolute atomic E-state index is 0. The molecule has 0 aliphatic carbocycles. The fourth-order valence-electron chi connectivity index (χ4n) is 4.62. The largest absolute Gasteiger partial charge is 0.495 e. The van der Waals surface area contributed by atoms with E-state index in [-0.39, 0.29) is 18.3 Å². The number of hydrogen-bond donors (Lipinski definition) is 0. The molecule has 0 saturated carbocycles. The van der Waals surface area contributed by atoms with Gasteiger partial charge in [-0.25, -0.2) is 4.98 Å². The van der Waals surface area contributed by atoms with Crippen LogP contribution in [0.25, 0.3) is 10.2 Å². The van der Waals surface area contributed by atoms with Gasteiger partial charge in [0.2, 0.25) is 5.75 Å². The van der Waals surface area contributed by atoms with Gasteiger partial charge in [0, 0.05) is 31.7 Å². The molecule has 1 fully saturated rings. The number of ether oxygens (including phenoxy) is 6. The number of fused-ring (bicyclic) bond motifs is 1. The molecular formula is C29H40ClN3O7S. The first-order chi connectivity index (χ1) is 19.5. The summed E-state index contributed by atoms with van der Waals surface area (Å²) in [6.45, 7) is 11.5. The van der Waals surface area contributed by atoms with Crippen LogP contribution in [0.4, 0.5) is 5.13 Å². The molecule has 0 atom stereocenters. The molecule has 12 heteroatoms. The number of aromatic nitrogens is 1. The van der Waals surface area contributed by atoms with Crippen molar-refractivity contribution < 1.29 is 33.2 Å². The minimum Gasteiger partial charge on any atom is -0.495 e. The molecule has 1 aliphatic rings. The standard InChI is InChI=1S/C29H39N3O7S.ClH/c1-6-37-23-18-20(19-24(38-7-2)26(23)39-8-3)28(33)32(13-9-12-31-14-16-36-17-15-31)29-30-25-21(34-4)10-11-22(35-5)27(25)40-29;/h10-11,18-19H,6-9,12-17H2,1-5H3;1H. The normalized spacial score (nSPS) is 13.4. The predicted octanol–water partition coefficient (Wildman–Crippen LogP) is 5.30. The van der Waals surface area contributed by atoms with E-state index in [9.17, 15) is 4.79 Å². The monoisotopic (exact) mass is 609 g/mol. The molecule has 0 spiro atoms. The number of hydrogen-bond acceptors (Lipinski definition) is 10. The summed E-state index contributed by atoms with van der Waals surface area (Å²) in [5.41, 5.74) is 1.09. The second-order valence-corrected chi connectivity index (χ2v) is 9.99. The van der Waals surface area contributed by atoms with Gasteiger partial charge in [-0.05, 0) is 51.5 Å². The second-order valence-electron chi connectivity index (χ2n) is 9.01. The van der Waals surface area contributed by atoms with E-state index in [0.29, 0.717) is 71.3 Å². The lowest BCUT2D eigenvalue weighted by atomic mass is 10.1. The van der Waals surface area contributed by atoms with Gasteiger partial charge >= 0.3 is 0 Å². The average molecular weight is 610 g/mol. The first-order valence-electron chi connectivity index (χ1n) is 13.7. The van der Waals surface area contributed by atoms with Crippen molar-refractivity contribution >= 4 is 45.0 Å². The summed E-state index contributed by atoms with van der Waals surface area (Å²) in [6.07, 6.45) is 0.767. The van der Waals surface area contributed by atoms with Gasteiger partial charge in [-0.15, -0.1) is 12.4 Å². The number of halogens is 1. The molecule has 1 aliphatic heterocycles. The lowest BCUT2D eigenvalue weighted by Crippen LogP contribution is -2.39. The van der Waals surface area contributed by atoms with Crippen molar-refractivity contribution in [2.45, 2.75) is 27.2 Å². The number of nitrogens with zero attached hydrogens (tertiary/aromatic N) is 3. The smallest absolute Gasteiger partial charge is 0.260 e. The van der Waals surface area contributed by atoms with Gasteiger partial charge in [0.05, 0.1) is 47.3 Å². The number of anilines is 1. The van der Waals surface area contributed by atoms with E-state index in [2.05, 4.69) is 4.90 Å². The Labute approximate surface area is 251 Å². The van der Waals surface area contributed by atoms with Crippen LogP contribution < -0.4 is 28.6 Å². The van der Waals surface area contributed by atoms with E-state index in [1.165, 1.54) is 11.3 Å². The van der Waals surface area contributed by atoms with E-state index in [0.717, 1.165) is 44.0 Å². The van der Waals surface area contributed by atoms with Crippen molar-refractivity contribution in [3.8, 4) is 28.7 Å².